The number of furan rings is 1. The van der Waals surface area contributed by atoms with Gasteiger partial charge in [-0.1, -0.05) is 23.5 Å². The van der Waals surface area contributed by atoms with E-state index in [1.807, 2.05) is 6.92 Å². The summed E-state index contributed by atoms with van der Waals surface area (Å²) >= 11 is 1.16. The van der Waals surface area contributed by atoms with Crippen molar-refractivity contribution in [1.29, 1.82) is 0 Å². The Kier molecular flexibility index (Phi) is 10.3. The molecule has 250 valence electrons. The van der Waals surface area contributed by atoms with Crippen LogP contribution in [-0.4, -0.2) is 56.5 Å². The molecular formula is C35H34N2O10S. The summed E-state index contributed by atoms with van der Waals surface area (Å²) in [6.07, 6.45) is 1.63. The Balaban J connectivity index is 1.59. The summed E-state index contributed by atoms with van der Waals surface area (Å²) in [5.41, 5.74) is 2.78. The fourth-order valence-corrected chi connectivity index (χ4v) is 6.30. The lowest BCUT2D eigenvalue weighted by atomic mass is 9.95. The van der Waals surface area contributed by atoms with Crippen molar-refractivity contribution in [3.63, 3.8) is 0 Å². The molecule has 3 heterocycles. The number of carbonyl (C=O) groups is 3. The van der Waals surface area contributed by atoms with Crippen molar-refractivity contribution in [3.8, 4) is 22.8 Å². The Hall–Kier alpha value is -5.43. The number of benzene rings is 2. The first-order valence-corrected chi connectivity index (χ1v) is 15.9. The van der Waals surface area contributed by atoms with Crippen LogP contribution in [0.3, 0.4) is 0 Å². The summed E-state index contributed by atoms with van der Waals surface area (Å²) in [5, 5.41) is 0. The number of thiazole rings is 1. The van der Waals surface area contributed by atoms with Gasteiger partial charge < -0.3 is 28.1 Å². The normalized spacial score (nSPS) is 14.2. The van der Waals surface area contributed by atoms with Crippen LogP contribution in [-0.2, 0) is 23.8 Å². The van der Waals surface area contributed by atoms with E-state index in [0.717, 1.165) is 22.5 Å². The Morgan fingerprint density at radius 3 is 2.42 bits per heavy atom. The van der Waals surface area contributed by atoms with Crippen molar-refractivity contribution in [3.05, 3.63) is 102 Å². The SMILES string of the molecule is CCOC(=O)C1=C(C)N=c2s/c(=C\c3ccc(-c4ccc(C(=O)OC)cc4C)o3)c(=O)n2[C@@H]1c1ccc(OCC(=O)OC)c(OCC)c1. The highest BCUT2D eigenvalue weighted by Gasteiger charge is 2.34. The third-order valence-electron chi connectivity index (χ3n) is 7.49. The lowest BCUT2D eigenvalue weighted by Gasteiger charge is -2.25. The third kappa shape index (κ3) is 6.81. The molecule has 0 saturated heterocycles. The molecule has 2 aromatic carbocycles. The monoisotopic (exact) mass is 674 g/mol. The molecule has 2 aromatic heterocycles. The molecule has 0 bridgehead atoms. The molecule has 0 saturated carbocycles. The number of nitrogens with zero attached hydrogens (tertiary/aromatic N) is 2. The quantitative estimate of drug-likeness (QED) is 0.168. The maximum absolute atomic E-state index is 14.1. The number of aromatic nitrogens is 1. The van der Waals surface area contributed by atoms with Crippen LogP contribution in [0.15, 0.2) is 74.0 Å². The number of carbonyl (C=O) groups excluding carboxylic acids is 3. The number of ether oxygens (including phenoxy) is 5. The second-order valence-electron chi connectivity index (χ2n) is 10.5. The highest BCUT2D eigenvalue weighted by atomic mass is 32.1. The maximum atomic E-state index is 14.1. The van der Waals surface area contributed by atoms with Gasteiger partial charge in [0.1, 0.15) is 11.5 Å². The molecule has 1 aliphatic heterocycles. The zero-order chi connectivity index (χ0) is 34.5. The Morgan fingerprint density at radius 2 is 1.73 bits per heavy atom. The number of esters is 3. The van der Waals surface area contributed by atoms with Gasteiger partial charge in [0.25, 0.3) is 5.56 Å². The van der Waals surface area contributed by atoms with Crippen molar-refractivity contribution in [2.45, 2.75) is 33.7 Å². The molecule has 0 unspecified atom stereocenters. The molecule has 0 radical (unpaired) electrons. The minimum atomic E-state index is -0.903. The molecule has 5 rings (SSSR count). The molecule has 0 spiro atoms. The van der Waals surface area contributed by atoms with E-state index in [2.05, 4.69) is 9.73 Å². The predicted molar refractivity (Wildman–Crippen MR) is 176 cm³/mol. The van der Waals surface area contributed by atoms with E-state index < -0.39 is 29.5 Å². The van der Waals surface area contributed by atoms with Crippen LogP contribution < -0.4 is 24.4 Å². The number of methoxy groups -OCH3 is 2. The van der Waals surface area contributed by atoms with Crippen molar-refractivity contribution < 1.29 is 42.5 Å². The smallest absolute Gasteiger partial charge is 0.343 e. The number of allylic oxidation sites excluding steroid dienone is 1. The molecule has 0 aliphatic carbocycles. The van der Waals surface area contributed by atoms with Crippen molar-refractivity contribution >= 4 is 35.3 Å². The number of hydrogen-bond acceptors (Lipinski definition) is 12. The van der Waals surface area contributed by atoms with Gasteiger partial charge in [0.2, 0.25) is 0 Å². The molecule has 0 N–H and O–H groups in total. The molecular weight excluding hydrogens is 640 g/mol. The Morgan fingerprint density at radius 1 is 0.938 bits per heavy atom. The van der Waals surface area contributed by atoms with E-state index >= 15 is 0 Å². The van der Waals surface area contributed by atoms with Crippen LogP contribution in [0.5, 0.6) is 11.5 Å². The van der Waals surface area contributed by atoms with Crippen LogP contribution in [0.1, 0.15) is 54.1 Å². The summed E-state index contributed by atoms with van der Waals surface area (Å²) in [7, 11) is 2.59. The second-order valence-corrected chi connectivity index (χ2v) is 11.5. The Labute approximate surface area is 279 Å². The summed E-state index contributed by atoms with van der Waals surface area (Å²) < 4.78 is 34.2. The number of fused-ring (bicyclic) bond motifs is 1. The number of aryl methyl sites for hydroxylation is 1. The highest BCUT2D eigenvalue weighted by Crippen LogP contribution is 2.36. The van der Waals surface area contributed by atoms with E-state index in [0.29, 0.717) is 55.8 Å². The van der Waals surface area contributed by atoms with Gasteiger partial charge in [-0.25, -0.2) is 19.4 Å². The van der Waals surface area contributed by atoms with Crippen molar-refractivity contribution in [1.82, 2.24) is 4.57 Å². The topological polar surface area (TPSA) is 145 Å². The average Bonchev–Trinajstić information content (AvgIpc) is 3.66. The molecule has 0 fully saturated rings. The summed E-state index contributed by atoms with van der Waals surface area (Å²) in [6, 6.07) is 12.8. The fourth-order valence-electron chi connectivity index (χ4n) is 5.27. The molecule has 4 aromatic rings. The van der Waals surface area contributed by atoms with Crippen molar-refractivity contribution in [2.75, 3.05) is 34.0 Å². The number of hydrogen-bond donors (Lipinski definition) is 0. The summed E-state index contributed by atoms with van der Waals surface area (Å²) in [5.74, 6) is -0.0119. The summed E-state index contributed by atoms with van der Waals surface area (Å²) in [6.45, 7) is 7.15. The average molecular weight is 675 g/mol. The van der Waals surface area contributed by atoms with Gasteiger partial charge in [0.15, 0.2) is 22.9 Å². The predicted octanol–water partition coefficient (Wildman–Crippen LogP) is 4.10. The Bertz CT molecular complexity index is 2100. The summed E-state index contributed by atoms with van der Waals surface area (Å²) in [4.78, 5) is 56.1. The molecule has 0 amide bonds. The van der Waals surface area contributed by atoms with Gasteiger partial charge >= 0.3 is 17.9 Å². The lowest BCUT2D eigenvalue weighted by molar-refractivity contribution is -0.143. The first-order valence-electron chi connectivity index (χ1n) is 15.0. The van der Waals surface area contributed by atoms with E-state index in [4.69, 9.17) is 23.4 Å². The van der Waals surface area contributed by atoms with Gasteiger partial charge in [0, 0.05) is 11.6 Å². The fraction of sp³-hybridized carbons (Fsp3) is 0.286. The van der Waals surface area contributed by atoms with Crippen LogP contribution in [0.2, 0.25) is 0 Å². The maximum Gasteiger partial charge on any atom is 0.343 e. The molecule has 1 atom stereocenters. The highest BCUT2D eigenvalue weighted by molar-refractivity contribution is 7.07. The minimum Gasteiger partial charge on any atom is -0.490 e. The van der Waals surface area contributed by atoms with E-state index in [1.165, 1.54) is 18.8 Å². The van der Waals surface area contributed by atoms with Gasteiger partial charge in [0.05, 0.1) is 54.8 Å². The second kappa shape index (κ2) is 14.6. The van der Waals surface area contributed by atoms with Crippen LogP contribution >= 0.6 is 11.3 Å². The largest absolute Gasteiger partial charge is 0.490 e. The third-order valence-corrected chi connectivity index (χ3v) is 8.47. The van der Waals surface area contributed by atoms with E-state index in [1.54, 1.807) is 75.4 Å². The van der Waals surface area contributed by atoms with Crippen LogP contribution in [0.4, 0.5) is 0 Å². The minimum absolute atomic E-state index is 0.128. The van der Waals surface area contributed by atoms with Gasteiger partial charge in [-0.05, 0) is 75.2 Å². The first kappa shape index (κ1) is 33.9. The zero-order valence-corrected chi connectivity index (χ0v) is 28.1. The standard InChI is InChI=1S/C35H34N2O10S/c1-7-44-27-16-21(10-13-26(27)46-18-29(38)42-5)31-30(34(41)45-8-2)20(4)36-35-37(31)32(39)28(48-35)17-23-11-14-25(47-23)24-12-9-22(15-19(24)3)33(40)43-6/h9-17,31H,7-8,18H2,1-6H3/b28-17-/t31-/m1/s1. The number of rotatable bonds is 11. The lowest BCUT2D eigenvalue weighted by Crippen LogP contribution is -2.40. The first-order chi connectivity index (χ1) is 23.1. The molecule has 1 aliphatic rings. The van der Waals surface area contributed by atoms with Gasteiger partial charge in [-0.2, -0.15) is 0 Å². The van der Waals surface area contributed by atoms with Gasteiger partial charge in [-0.15, -0.1) is 0 Å². The van der Waals surface area contributed by atoms with Gasteiger partial charge in [-0.3, -0.25) is 9.36 Å². The van der Waals surface area contributed by atoms with Crippen LogP contribution in [0.25, 0.3) is 17.4 Å². The molecule has 12 nitrogen and oxygen atoms in total. The zero-order valence-electron chi connectivity index (χ0n) is 27.3. The molecule has 48 heavy (non-hydrogen) atoms. The van der Waals surface area contributed by atoms with E-state index in [9.17, 15) is 19.2 Å². The van der Waals surface area contributed by atoms with Crippen LogP contribution in [0, 0.1) is 6.92 Å². The molecule has 13 heteroatoms. The van der Waals surface area contributed by atoms with Crippen molar-refractivity contribution in [2.24, 2.45) is 4.99 Å². The van der Waals surface area contributed by atoms with E-state index in [-0.39, 0.29) is 18.8 Å².